The van der Waals surface area contributed by atoms with Gasteiger partial charge in [-0.25, -0.2) is 4.79 Å². The Labute approximate surface area is 102 Å². The van der Waals surface area contributed by atoms with Gasteiger partial charge in [-0.3, -0.25) is 10.1 Å². The van der Waals surface area contributed by atoms with Crippen molar-refractivity contribution >= 4 is 11.7 Å². The maximum atomic E-state index is 10.8. The molecule has 1 atom stereocenters. The quantitative estimate of drug-likeness (QED) is 0.628. The van der Waals surface area contributed by atoms with Crippen LogP contribution < -0.4 is 4.74 Å². The van der Waals surface area contributed by atoms with Gasteiger partial charge >= 0.3 is 11.7 Å². The minimum absolute atomic E-state index is 0.109. The molecule has 0 amide bonds. The third kappa shape index (κ3) is 2.95. The van der Waals surface area contributed by atoms with E-state index in [1.54, 1.807) is 13.0 Å². The van der Waals surface area contributed by atoms with Crippen LogP contribution in [-0.4, -0.2) is 22.1 Å². The fourth-order valence-electron chi connectivity index (χ4n) is 1.29. The Morgan fingerprint density at radius 3 is 2.78 bits per heavy atom. The highest BCUT2D eigenvalue weighted by Crippen LogP contribution is 2.29. The average molecular weight is 250 g/mol. The summed E-state index contributed by atoms with van der Waals surface area (Å²) in [4.78, 5) is 20.9. The van der Waals surface area contributed by atoms with Crippen LogP contribution in [0.15, 0.2) is 18.2 Å². The van der Waals surface area contributed by atoms with Gasteiger partial charge in [-0.05, 0) is 18.6 Å². The molecule has 1 unspecified atom stereocenters. The molecule has 7 nitrogen and oxygen atoms in total. The molecule has 0 saturated carbocycles. The zero-order valence-electron chi connectivity index (χ0n) is 9.49. The molecule has 7 heteroatoms. The Bertz CT molecular complexity index is 521. The Hall–Kier alpha value is -2.62. The number of hydrogen-bond acceptors (Lipinski definition) is 5. The van der Waals surface area contributed by atoms with Gasteiger partial charge < -0.3 is 9.84 Å². The lowest BCUT2D eigenvalue weighted by Gasteiger charge is -2.12. The van der Waals surface area contributed by atoms with Gasteiger partial charge in [-0.2, -0.15) is 5.26 Å². The molecule has 0 fully saturated rings. The van der Waals surface area contributed by atoms with E-state index in [1.165, 1.54) is 12.1 Å². The van der Waals surface area contributed by atoms with Crippen LogP contribution in [0.3, 0.4) is 0 Å². The van der Waals surface area contributed by atoms with Crippen molar-refractivity contribution in [3.63, 3.8) is 0 Å². The summed E-state index contributed by atoms with van der Waals surface area (Å²) in [6.07, 6.45) is -0.983. The molecule has 0 bridgehead atoms. The highest BCUT2D eigenvalue weighted by atomic mass is 16.6. The van der Waals surface area contributed by atoms with Crippen molar-refractivity contribution in [3.05, 3.63) is 33.9 Å². The van der Waals surface area contributed by atoms with E-state index in [9.17, 15) is 14.9 Å². The summed E-state index contributed by atoms with van der Waals surface area (Å²) in [6.45, 7) is 1.59. The molecule has 0 heterocycles. The Morgan fingerprint density at radius 1 is 1.67 bits per heavy atom. The molecule has 0 aliphatic rings. The van der Waals surface area contributed by atoms with E-state index in [1.807, 2.05) is 0 Å². The predicted octanol–water partition coefficient (Wildman–Crippen LogP) is 1.71. The zero-order chi connectivity index (χ0) is 13.7. The van der Waals surface area contributed by atoms with E-state index in [2.05, 4.69) is 0 Å². The Kier molecular flexibility index (Phi) is 4.21. The minimum atomic E-state index is -1.20. The fourth-order valence-corrected chi connectivity index (χ4v) is 1.29. The third-order valence-corrected chi connectivity index (χ3v) is 2.20. The summed E-state index contributed by atoms with van der Waals surface area (Å²) in [7, 11) is 0. The SMILES string of the molecule is CCC(Oc1ccc(C#N)cc1[N+](=O)[O-])C(=O)O. The molecule has 94 valence electrons. The first-order valence-electron chi connectivity index (χ1n) is 5.07. The highest BCUT2D eigenvalue weighted by Gasteiger charge is 2.23. The van der Waals surface area contributed by atoms with Crippen LogP contribution in [-0.2, 0) is 4.79 Å². The molecule has 0 spiro atoms. The second kappa shape index (κ2) is 5.63. The number of hydrogen-bond donors (Lipinski definition) is 1. The second-order valence-electron chi connectivity index (χ2n) is 3.40. The van der Waals surface area contributed by atoms with Gasteiger partial charge in [0.15, 0.2) is 11.9 Å². The number of nitro benzene ring substituents is 1. The number of ether oxygens (including phenoxy) is 1. The molecular weight excluding hydrogens is 240 g/mol. The van der Waals surface area contributed by atoms with Crippen molar-refractivity contribution in [1.82, 2.24) is 0 Å². The topological polar surface area (TPSA) is 113 Å². The lowest BCUT2D eigenvalue weighted by Crippen LogP contribution is -2.26. The van der Waals surface area contributed by atoms with Crippen LogP contribution in [0.4, 0.5) is 5.69 Å². The highest BCUT2D eigenvalue weighted by molar-refractivity contribution is 5.73. The lowest BCUT2D eigenvalue weighted by molar-refractivity contribution is -0.386. The van der Waals surface area contributed by atoms with Crippen molar-refractivity contribution in [2.24, 2.45) is 0 Å². The van der Waals surface area contributed by atoms with Gasteiger partial charge in [0, 0.05) is 6.07 Å². The molecule has 0 radical (unpaired) electrons. The van der Waals surface area contributed by atoms with E-state index in [4.69, 9.17) is 15.1 Å². The number of nitrogens with zero attached hydrogens (tertiary/aromatic N) is 2. The van der Waals surface area contributed by atoms with Crippen molar-refractivity contribution in [2.75, 3.05) is 0 Å². The number of rotatable bonds is 5. The van der Waals surface area contributed by atoms with Crippen LogP contribution in [0.1, 0.15) is 18.9 Å². The van der Waals surface area contributed by atoms with Crippen molar-refractivity contribution in [1.29, 1.82) is 5.26 Å². The first kappa shape index (κ1) is 13.4. The molecule has 0 aliphatic heterocycles. The summed E-state index contributed by atoms with van der Waals surface area (Å²) >= 11 is 0. The number of carboxylic acid groups (broad SMARTS) is 1. The third-order valence-electron chi connectivity index (χ3n) is 2.20. The largest absolute Gasteiger partial charge is 0.479 e. The number of aliphatic carboxylic acids is 1. The lowest BCUT2D eigenvalue weighted by atomic mass is 10.2. The second-order valence-corrected chi connectivity index (χ2v) is 3.40. The molecule has 1 rings (SSSR count). The van der Waals surface area contributed by atoms with Gasteiger partial charge in [0.1, 0.15) is 0 Å². The van der Waals surface area contributed by atoms with E-state index >= 15 is 0 Å². The summed E-state index contributed by atoms with van der Waals surface area (Å²) < 4.78 is 5.07. The summed E-state index contributed by atoms with van der Waals surface area (Å²) in [5, 5.41) is 28.3. The van der Waals surface area contributed by atoms with E-state index in [0.717, 1.165) is 6.07 Å². The van der Waals surface area contributed by atoms with Gasteiger partial charge in [0.05, 0.1) is 16.6 Å². The maximum Gasteiger partial charge on any atom is 0.344 e. The molecule has 0 saturated heterocycles. The van der Waals surface area contributed by atoms with Crippen LogP contribution in [0.25, 0.3) is 0 Å². The van der Waals surface area contributed by atoms with E-state index in [-0.39, 0.29) is 17.7 Å². The molecule has 1 aromatic carbocycles. The number of carbonyl (C=O) groups is 1. The predicted molar refractivity (Wildman–Crippen MR) is 60.2 cm³/mol. The van der Waals surface area contributed by atoms with Crippen LogP contribution in [0.5, 0.6) is 5.75 Å². The molecule has 0 aliphatic carbocycles. The number of nitriles is 1. The van der Waals surface area contributed by atoms with Crippen molar-refractivity contribution in [2.45, 2.75) is 19.4 Å². The summed E-state index contributed by atoms with van der Waals surface area (Å²) in [5.41, 5.74) is -0.314. The van der Waals surface area contributed by atoms with Crippen molar-refractivity contribution in [3.8, 4) is 11.8 Å². The summed E-state index contributed by atoms with van der Waals surface area (Å²) in [5.74, 6) is -1.36. The number of nitro groups is 1. The van der Waals surface area contributed by atoms with E-state index in [0.29, 0.717) is 0 Å². The van der Waals surface area contributed by atoms with Gasteiger partial charge in [-0.15, -0.1) is 0 Å². The average Bonchev–Trinajstić information content (AvgIpc) is 2.35. The fraction of sp³-hybridized carbons (Fsp3) is 0.273. The minimum Gasteiger partial charge on any atom is -0.479 e. The molecule has 1 aromatic rings. The summed E-state index contributed by atoms with van der Waals surface area (Å²) in [6, 6.07) is 5.36. The standard InChI is InChI=1S/C11H10N2O5/c1-2-9(11(14)15)18-10-4-3-7(6-12)5-8(10)13(16)17/h3-5,9H,2H2,1H3,(H,14,15). The molecule has 18 heavy (non-hydrogen) atoms. The molecule has 0 aromatic heterocycles. The van der Waals surface area contributed by atoms with Crippen molar-refractivity contribution < 1.29 is 19.6 Å². The normalized spacial score (nSPS) is 11.3. The Morgan fingerprint density at radius 2 is 2.33 bits per heavy atom. The zero-order valence-corrected chi connectivity index (χ0v) is 9.49. The first-order chi connectivity index (χ1) is 8.49. The first-order valence-corrected chi connectivity index (χ1v) is 5.07. The maximum absolute atomic E-state index is 10.8. The van der Waals surface area contributed by atoms with Gasteiger partial charge in [0.25, 0.3) is 0 Å². The Balaban J connectivity index is 3.13. The monoisotopic (exact) mass is 250 g/mol. The van der Waals surface area contributed by atoms with E-state index < -0.39 is 22.7 Å². The van der Waals surface area contributed by atoms with Crippen LogP contribution in [0.2, 0.25) is 0 Å². The van der Waals surface area contributed by atoms with Crippen LogP contribution >= 0.6 is 0 Å². The van der Waals surface area contributed by atoms with Gasteiger partial charge in [0.2, 0.25) is 0 Å². The van der Waals surface area contributed by atoms with Crippen LogP contribution in [0, 0.1) is 21.4 Å². The van der Waals surface area contributed by atoms with Gasteiger partial charge in [-0.1, -0.05) is 6.92 Å². The number of benzene rings is 1. The smallest absolute Gasteiger partial charge is 0.344 e. The molecule has 1 N–H and O–H groups in total. The number of carboxylic acids is 1. The molecular formula is C11H10N2O5.